The van der Waals surface area contributed by atoms with Crippen molar-refractivity contribution in [3.05, 3.63) is 142 Å². The second-order valence-electron chi connectivity index (χ2n) is 11.7. The average Bonchev–Trinajstić information content (AvgIpc) is 3.51. The van der Waals surface area contributed by atoms with Gasteiger partial charge < -0.3 is 24.2 Å². The van der Waals surface area contributed by atoms with Gasteiger partial charge in [-0.2, -0.15) is 0 Å². The molecule has 44 heavy (non-hydrogen) atoms. The van der Waals surface area contributed by atoms with Crippen LogP contribution in [0, 0.1) is 10.1 Å². The monoisotopic (exact) mass is 613 g/mol. The number of non-ortho nitro benzene ring substituents is 1. The Labute approximate surface area is 258 Å². The molecule has 0 saturated carbocycles. The van der Waals surface area contributed by atoms with Gasteiger partial charge >= 0.3 is 0 Å². The summed E-state index contributed by atoms with van der Waals surface area (Å²) >= 11 is 0. The van der Waals surface area contributed by atoms with Crippen molar-refractivity contribution in [3.8, 4) is 0 Å². The normalized spacial score (nSPS) is 13.1. The van der Waals surface area contributed by atoms with E-state index in [0.717, 1.165) is 10.4 Å². The Morgan fingerprint density at radius 1 is 0.932 bits per heavy atom. The third kappa shape index (κ3) is 7.70. The smallest absolute Gasteiger partial charge is 0.269 e. The molecule has 1 heterocycles. The second kappa shape index (κ2) is 14.6. The predicted molar refractivity (Wildman–Crippen MR) is 172 cm³/mol. The minimum absolute atomic E-state index is 0.0529. The fourth-order valence-electron chi connectivity index (χ4n) is 5.38. The lowest BCUT2D eigenvalue weighted by Gasteiger charge is -2.43. The number of aliphatic hydroxyl groups excluding tert-OH is 3. The quantitative estimate of drug-likeness (QED) is 0.0743. The molecule has 3 aromatic carbocycles. The number of hydrogen-bond donors (Lipinski definition) is 3. The first kappa shape index (κ1) is 32.8. The maximum Gasteiger partial charge on any atom is 0.269 e. The third-order valence-electron chi connectivity index (χ3n) is 7.62. The van der Waals surface area contributed by atoms with E-state index in [1.807, 2.05) is 36.4 Å². The molecule has 230 valence electrons. The second-order valence-corrected chi connectivity index (χ2v) is 16.0. The van der Waals surface area contributed by atoms with Crippen LogP contribution in [-0.2, 0) is 11.0 Å². The van der Waals surface area contributed by atoms with Crippen molar-refractivity contribution in [2.75, 3.05) is 6.61 Å². The fourth-order valence-corrected chi connectivity index (χ4v) is 9.92. The number of rotatable bonds is 13. The van der Waals surface area contributed by atoms with Crippen LogP contribution < -0.4 is 10.4 Å². The molecule has 0 radical (unpaired) electrons. The van der Waals surface area contributed by atoms with Crippen LogP contribution in [0.5, 0.6) is 0 Å². The summed E-state index contributed by atoms with van der Waals surface area (Å²) in [5.41, 5.74) is 4.42. The van der Waals surface area contributed by atoms with E-state index in [1.54, 1.807) is 30.3 Å². The van der Waals surface area contributed by atoms with Crippen molar-refractivity contribution in [1.82, 2.24) is 0 Å². The summed E-state index contributed by atoms with van der Waals surface area (Å²) in [6.07, 6.45) is 0.142. The van der Waals surface area contributed by atoms with Gasteiger partial charge in [0.2, 0.25) is 0 Å². The summed E-state index contributed by atoms with van der Waals surface area (Å²) in [5.74, 6) is 0.701. The zero-order valence-corrected chi connectivity index (χ0v) is 26.2. The van der Waals surface area contributed by atoms with Crippen molar-refractivity contribution in [2.45, 2.75) is 57.5 Å². The highest BCUT2D eigenvalue weighted by Gasteiger charge is 2.50. The molecule has 0 amide bonds. The number of nitrogens with zero attached hydrogens (tertiary/aromatic N) is 1. The van der Waals surface area contributed by atoms with E-state index in [4.69, 9.17) is 8.84 Å². The van der Waals surface area contributed by atoms with E-state index >= 15 is 0 Å². The lowest BCUT2D eigenvalue weighted by Crippen LogP contribution is -2.66. The summed E-state index contributed by atoms with van der Waals surface area (Å²) in [7, 11) is -2.90. The Morgan fingerprint density at radius 3 is 2.02 bits per heavy atom. The van der Waals surface area contributed by atoms with Crippen molar-refractivity contribution >= 4 is 24.4 Å². The fraction of sp³-hybridized carbons (Fsp3) is 0.286. The lowest BCUT2D eigenvalue weighted by molar-refractivity contribution is -0.384. The molecule has 0 saturated heterocycles. The molecule has 0 fully saturated rings. The van der Waals surface area contributed by atoms with Gasteiger partial charge in [0.05, 0.1) is 17.6 Å². The zero-order chi connectivity index (χ0) is 31.7. The highest BCUT2D eigenvalue weighted by Crippen LogP contribution is 2.37. The largest absolute Gasteiger partial charge is 0.461 e. The molecule has 8 nitrogen and oxygen atoms in total. The van der Waals surface area contributed by atoms with Gasteiger partial charge in [-0.25, -0.2) is 0 Å². The maximum absolute atomic E-state index is 11.2. The predicted octanol–water partition coefficient (Wildman–Crippen LogP) is 5.89. The van der Waals surface area contributed by atoms with Crippen LogP contribution >= 0.6 is 0 Å². The molecular weight excluding hydrogens is 574 g/mol. The summed E-state index contributed by atoms with van der Waals surface area (Å²) in [5, 5.41) is 44.2. The summed E-state index contributed by atoms with van der Waals surface area (Å²) in [6, 6.07) is 29.5. The third-order valence-corrected chi connectivity index (χ3v) is 12.6. The average molecular weight is 614 g/mol. The van der Waals surface area contributed by atoms with Crippen LogP contribution in [0.3, 0.4) is 0 Å². The molecule has 0 aliphatic rings. The molecule has 0 aliphatic heterocycles. The first-order valence-electron chi connectivity index (χ1n) is 14.5. The van der Waals surface area contributed by atoms with E-state index in [2.05, 4.69) is 50.8 Å². The highest BCUT2D eigenvalue weighted by molar-refractivity contribution is 6.99. The van der Waals surface area contributed by atoms with Gasteiger partial charge in [0, 0.05) is 25.0 Å². The molecule has 0 aliphatic carbocycles. The number of benzene rings is 3. The summed E-state index contributed by atoms with van der Waals surface area (Å²) in [4.78, 5) is 10.6. The minimum Gasteiger partial charge on any atom is -0.461 e. The first-order chi connectivity index (χ1) is 21.0. The molecule has 0 unspecified atom stereocenters. The summed E-state index contributed by atoms with van der Waals surface area (Å²) < 4.78 is 12.6. The van der Waals surface area contributed by atoms with Crippen LogP contribution in [-0.4, -0.2) is 35.2 Å². The Kier molecular flexibility index (Phi) is 10.9. The molecule has 4 aromatic rings. The van der Waals surface area contributed by atoms with E-state index in [1.165, 1.54) is 12.1 Å². The van der Waals surface area contributed by atoms with E-state index in [0.29, 0.717) is 22.7 Å². The topological polar surface area (TPSA) is 126 Å². The van der Waals surface area contributed by atoms with Crippen molar-refractivity contribution < 1.29 is 29.1 Å². The summed E-state index contributed by atoms with van der Waals surface area (Å²) in [6.45, 7) is 6.46. The number of nitro groups is 1. The van der Waals surface area contributed by atoms with Gasteiger partial charge in [0.25, 0.3) is 14.0 Å². The highest BCUT2D eigenvalue weighted by atomic mass is 28.4. The van der Waals surface area contributed by atoms with Crippen LogP contribution in [0.4, 0.5) is 5.69 Å². The van der Waals surface area contributed by atoms with Gasteiger partial charge in [-0.05, 0) is 56.9 Å². The molecule has 3 N–H and O–H groups in total. The van der Waals surface area contributed by atoms with Crippen LogP contribution in [0.15, 0.2) is 119 Å². The van der Waals surface area contributed by atoms with Crippen LogP contribution in [0.25, 0.3) is 0 Å². The van der Waals surface area contributed by atoms with Gasteiger partial charge in [-0.3, -0.25) is 10.1 Å². The maximum atomic E-state index is 11.2. The Morgan fingerprint density at radius 2 is 1.52 bits per heavy atom. The Balaban J connectivity index is 1.69. The van der Waals surface area contributed by atoms with Crippen molar-refractivity contribution in [2.24, 2.45) is 0 Å². The molecule has 1 aromatic heterocycles. The minimum atomic E-state index is -2.90. The van der Waals surface area contributed by atoms with Crippen LogP contribution in [0.1, 0.15) is 62.9 Å². The van der Waals surface area contributed by atoms with Crippen LogP contribution in [0.2, 0.25) is 5.04 Å². The van der Waals surface area contributed by atoms with Crippen molar-refractivity contribution in [1.29, 1.82) is 0 Å². The molecule has 9 heteroatoms. The van der Waals surface area contributed by atoms with Crippen molar-refractivity contribution in [3.63, 3.8) is 0 Å². The zero-order valence-electron chi connectivity index (χ0n) is 25.2. The number of aliphatic hydroxyl groups is 3. The molecule has 4 rings (SSSR count). The standard InChI is InChI=1S/C35H39NO7Si/c1-35(2,3)44(30-12-6-4-7-13-30,31-14-8-5-9-15-31)42-25-26(11-10-16-32(38)34-22-21-29(24-37)43-34)23-33(39)27-17-19-28(20-18-27)36(40)41/h4-10,12-15,17-22,32-33,37-39H,16,23-25H2,1-3H3/t11?,32-,33-/m1/s1. The molecule has 0 spiro atoms. The van der Waals surface area contributed by atoms with Gasteiger partial charge in [-0.15, -0.1) is 5.73 Å². The van der Waals surface area contributed by atoms with Gasteiger partial charge in [-0.1, -0.05) is 81.4 Å². The van der Waals surface area contributed by atoms with E-state index < -0.39 is 25.4 Å². The van der Waals surface area contributed by atoms with E-state index in [9.17, 15) is 25.4 Å². The number of nitro benzene ring substituents is 1. The first-order valence-corrected chi connectivity index (χ1v) is 16.4. The van der Waals surface area contributed by atoms with Gasteiger partial charge in [0.15, 0.2) is 0 Å². The lowest BCUT2D eigenvalue weighted by atomic mass is 10.0. The Bertz CT molecular complexity index is 1530. The molecule has 2 atom stereocenters. The molecule has 0 bridgehead atoms. The molecular formula is C35H39NO7Si. The number of furan rings is 1. The Hall–Kier alpha value is -4.08. The SMILES string of the molecule is CC(C)(C)[Si](OCC(=C=CC[C@@H](O)c1ccc(CO)o1)C[C@@H](O)c1ccc([N+](=O)[O-])cc1)(c1ccccc1)c1ccccc1. The number of hydrogen-bond acceptors (Lipinski definition) is 7. The van der Waals surface area contributed by atoms with Gasteiger partial charge in [0.1, 0.15) is 24.2 Å². The van der Waals surface area contributed by atoms with E-state index in [-0.39, 0.29) is 36.8 Å².